The van der Waals surface area contributed by atoms with Gasteiger partial charge in [-0.25, -0.2) is 4.68 Å². The molecule has 130 valence electrons. The summed E-state index contributed by atoms with van der Waals surface area (Å²) in [6.45, 7) is 13.7. The van der Waals surface area contributed by atoms with Crippen LogP contribution in [0.2, 0.25) is 0 Å². The Morgan fingerprint density at radius 1 is 1.17 bits per heavy atom. The quantitative estimate of drug-likeness (QED) is 0.845. The van der Waals surface area contributed by atoms with Crippen molar-refractivity contribution in [3.63, 3.8) is 0 Å². The van der Waals surface area contributed by atoms with E-state index in [1.54, 1.807) is 0 Å². The molecule has 2 aliphatic rings. The van der Waals surface area contributed by atoms with Gasteiger partial charge in [-0.05, 0) is 40.2 Å². The molecule has 0 unspecified atom stereocenters. The summed E-state index contributed by atoms with van der Waals surface area (Å²) in [7, 11) is 0. The van der Waals surface area contributed by atoms with E-state index in [2.05, 4.69) is 47.1 Å². The molecule has 23 heavy (non-hydrogen) atoms. The van der Waals surface area contributed by atoms with E-state index in [1.165, 1.54) is 25.8 Å². The molecule has 6 heteroatoms. The van der Waals surface area contributed by atoms with Crippen LogP contribution in [0, 0.1) is 0 Å². The molecule has 0 aliphatic carbocycles. The summed E-state index contributed by atoms with van der Waals surface area (Å²) in [5, 5.41) is 8.70. The zero-order valence-corrected chi connectivity index (χ0v) is 14.9. The number of rotatable bonds is 4. The molecule has 0 bridgehead atoms. The number of ether oxygens (including phenoxy) is 1. The first kappa shape index (κ1) is 16.9. The highest BCUT2D eigenvalue weighted by atomic mass is 16.5. The van der Waals surface area contributed by atoms with Crippen LogP contribution in [0.4, 0.5) is 0 Å². The Morgan fingerprint density at radius 2 is 1.96 bits per heavy atom. The Bertz CT molecular complexity index is 489. The molecule has 0 amide bonds. The molecular formula is C17H31N5O. The molecular weight excluding hydrogens is 290 g/mol. The molecule has 0 spiro atoms. The molecule has 0 N–H and O–H groups in total. The third kappa shape index (κ3) is 4.52. The smallest absolute Gasteiger partial charge is 0.0967 e. The summed E-state index contributed by atoms with van der Waals surface area (Å²) in [6, 6.07) is 0.640. The number of hydrogen-bond donors (Lipinski definition) is 0. The zero-order chi connectivity index (χ0) is 16.3. The maximum Gasteiger partial charge on any atom is 0.0967 e. The van der Waals surface area contributed by atoms with Crippen molar-refractivity contribution < 1.29 is 4.74 Å². The van der Waals surface area contributed by atoms with Gasteiger partial charge < -0.3 is 4.74 Å². The van der Waals surface area contributed by atoms with Gasteiger partial charge in [-0.2, -0.15) is 0 Å². The fraction of sp³-hybridized carbons (Fsp3) is 0.882. The van der Waals surface area contributed by atoms with E-state index in [-0.39, 0.29) is 5.54 Å². The molecule has 1 aromatic rings. The maximum atomic E-state index is 5.47. The first-order valence-electron chi connectivity index (χ1n) is 8.98. The number of piperidine rings is 1. The van der Waals surface area contributed by atoms with Gasteiger partial charge in [-0.3, -0.25) is 9.80 Å². The van der Waals surface area contributed by atoms with Crippen LogP contribution in [0.1, 0.15) is 45.7 Å². The summed E-state index contributed by atoms with van der Waals surface area (Å²) in [5.41, 5.74) is 1.09. The Hall–Kier alpha value is -0.980. The topological polar surface area (TPSA) is 46.4 Å². The molecule has 0 radical (unpaired) electrons. The number of nitrogens with zero attached hydrogens (tertiary/aromatic N) is 5. The molecule has 3 heterocycles. The van der Waals surface area contributed by atoms with Crippen LogP contribution in [-0.2, 0) is 16.8 Å². The summed E-state index contributed by atoms with van der Waals surface area (Å²) in [4.78, 5) is 5.16. The second-order valence-corrected chi connectivity index (χ2v) is 7.86. The minimum absolute atomic E-state index is 0.000348. The lowest BCUT2D eigenvalue weighted by Crippen LogP contribution is -2.49. The van der Waals surface area contributed by atoms with E-state index >= 15 is 0 Å². The highest BCUT2D eigenvalue weighted by Gasteiger charge is 2.26. The minimum atomic E-state index is 0.000348. The van der Waals surface area contributed by atoms with Gasteiger partial charge in [0.25, 0.3) is 0 Å². The average molecular weight is 321 g/mol. The van der Waals surface area contributed by atoms with Crippen molar-refractivity contribution in [2.24, 2.45) is 0 Å². The van der Waals surface area contributed by atoms with Crippen LogP contribution in [0.5, 0.6) is 0 Å². The van der Waals surface area contributed by atoms with Gasteiger partial charge in [0, 0.05) is 32.2 Å². The minimum Gasteiger partial charge on any atom is -0.379 e. The van der Waals surface area contributed by atoms with Gasteiger partial charge in [0.05, 0.1) is 30.6 Å². The van der Waals surface area contributed by atoms with Crippen molar-refractivity contribution >= 4 is 0 Å². The van der Waals surface area contributed by atoms with E-state index < -0.39 is 0 Å². The molecule has 0 saturated carbocycles. The predicted molar refractivity (Wildman–Crippen MR) is 90.3 cm³/mol. The van der Waals surface area contributed by atoms with Crippen molar-refractivity contribution in [1.82, 2.24) is 24.8 Å². The number of morpholine rings is 1. The summed E-state index contributed by atoms with van der Waals surface area (Å²) < 4.78 is 7.45. The van der Waals surface area contributed by atoms with Gasteiger partial charge in [-0.15, -0.1) is 5.10 Å². The van der Waals surface area contributed by atoms with Gasteiger partial charge in [0.15, 0.2) is 0 Å². The van der Waals surface area contributed by atoms with Crippen LogP contribution < -0.4 is 0 Å². The largest absolute Gasteiger partial charge is 0.379 e. The summed E-state index contributed by atoms with van der Waals surface area (Å²) >= 11 is 0. The van der Waals surface area contributed by atoms with Crippen molar-refractivity contribution in [3.05, 3.63) is 11.9 Å². The predicted octanol–water partition coefficient (Wildman–Crippen LogP) is 1.72. The number of likely N-dealkylation sites (tertiary alicyclic amines) is 1. The summed E-state index contributed by atoms with van der Waals surface area (Å²) in [5.74, 6) is 0. The Balaban J connectivity index is 1.60. The van der Waals surface area contributed by atoms with Gasteiger partial charge in [0.2, 0.25) is 0 Å². The van der Waals surface area contributed by atoms with Gasteiger partial charge >= 0.3 is 0 Å². The van der Waals surface area contributed by atoms with Crippen molar-refractivity contribution in [1.29, 1.82) is 0 Å². The monoisotopic (exact) mass is 321 g/mol. The van der Waals surface area contributed by atoms with E-state index in [4.69, 9.17) is 4.74 Å². The third-order valence-corrected chi connectivity index (χ3v) is 4.91. The Morgan fingerprint density at radius 3 is 2.65 bits per heavy atom. The number of aromatic nitrogens is 3. The summed E-state index contributed by atoms with van der Waals surface area (Å²) in [6.07, 6.45) is 6.05. The lowest BCUT2D eigenvalue weighted by Gasteiger charge is -2.39. The third-order valence-electron chi connectivity index (χ3n) is 4.91. The highest BCUT2D eigenvalue weighted by molar-refractivity contribution is 4.96. The fourth-order valence-corrected chi connectivity index (χ4v) is 3.46. The van der Waals surface area contributed by atoms with Crippen molar-refractivity contribution in [2.45, 2.75) is 58.2 Å². The highest BCUT2D eigenvalue weighted by Crippen LogP contribution is 2.21. The van der Waals surface area contributed by atoms with Crippen LogP contribution >= 0.6 is 0 Å². The van der Waals surface area contributed by atoms with E-state index in [9.17, 15) is 0 Å². The average Bonchev–Trinajstić information content (AvgIpc) is 2.99. The van der Waals surface area contributed by atoms with Crippen LogP contribution in [0.15, 0.2) is 6.20 Å². The van der Waals surface area contributed by atoms with Crippen LogP contribution in [0.3, 0.4) is 0 Å². The SMILES string of the molecule is CC(C)(C)n1cc(CN2CCCC[C@H]2CN2CCOCC2)nn1. The fourth-order valence-electron chi connectivity index (χ4n) is 3.46. The molecule has 3 rings (SSSR count). The second-order valence-electron chi connectivity index (χ2n) is 7.86. The first-order chi connectivity index (χ1) is 11.0. The Kier molecular flexibility index (Phi) is 5.34. The first-order valence-corrected chi connectivity index (χ1v) is 8.98. The van der Waals surface area contributed by atoms with Crippen LogP contribution in [-0.4, -0.2) is 70.2 Å². The van der Waals surface area contributed by atoms with Crippen LogP contribution in [0.25, 0.3) is 0 Å². The molecule has 0 aromatic carbocycles. The van der Waals surface area contributed by atoms with E-state index in [0.29, 0.717) is 6.04 Å². The van der Waals surface area contributed by atoms with Gasteiger partial charge in [0.1, 0.15) is 0 Å². The Labute approximate surface area is 139 Å². The molecule has 2 fully saturated rings. The number of hydrogen-bond acceptors (Lipinski definition) is 5. The maximum absolute atomic E-state index is 5.47. The van der Waals surface area contributed by atoms with Gasteiger partial charge in [-0.1, -0.05) is 11.6 Å². The molecule has 1 atom stereocenters. The van der Waals surface area contributed by atoms with Crippen molar-refractivity contribution in [2.75, 3.05) is 39.4 Å². The molecule has 2 aliphatic heterocycles. The van der Waals surface area contributed by atoms with Crippen molar-refractivity contribution in [3.8, 4) is 0 Å². The second kappa shape index (κ2) is 7.28. The standard InChI is InChI=1S/C17H31N5O/c1-17(2,3)22-13-15(18-19-22)12-21-7-5-4-6-16(21)14-20-8-10-23-11-9-20/h13,16H,4-12,14H2,1-3H3/t16-/m0/s1. The van der Waals surface area contributed by atoms with E-state index in [0.717, 1.165) is 45.1 Å². The van der Waals surface area contributed by atoms with E-state index in [1.807, 2.05) is 4.68 Å². The lowest BCUT2D eigenvalue weighted by atomic mass is 10.0. The molecule has 1 aromatic heterocycles. The normalized spacial score (nSPS) is 24.9. The molecule has 2 saturated heterocycles. The zero-order valence-electron chi connectivity index (χ0n) is 14.9. The lowest BCUT2D eigenvalue weighted by molar-refractivity contribution is 0.0151. The molecule has 6 nitrogen and oxygen atoms in total.